The molecule has 0 spiro atoms. The Kier molecular flexibility index (Phi) is 4.03. The van der Waals surface area contributed by atoms with Gasteiger partial charge in [-0.2, -0.15) is 0 Å². The van der Waals surface area contributed by atoms with Crippen LogP contribution < -0.4 is 0 Å². The number of aliphatic hydroxyl groups is 1. The largest absolute Gasteiger partial charge is 0.388 e. The molecule has 100 valence electrons. The molecule has 1 unspecified atom stereocenters. The first kappa shape index (κ1) is 13.5. The molecule has 3 heteroatoms. The summed E-state index contributed by atoms with van der Waals surface area (Å²) < 4.78 is 0. The van der Waals surface area contributed by atoms with Gasteiger partial charge in [-0.1, -0.05) is 6.07 Å². The van der Waals surface area contributed by atoms with Crippen molar-refractivity contribution in [1.82, 2.24) is 9.88 Å². The number of likely N-dealkylation sites (tertiary alicyclic amines) is 1. The Labute approximate surface area is 110 Å². The Bertz CT molecular complexity index is 364. The third-order valence-electron chi connectivity index (χ3n) is 3.96. The highest BCUT2D eigenvalue weighted by atomic mass is 16.3. The molecule has 0 radical (unpaired) electrons. The van der Waals surface area contributed by atoms with E-state index in [0.29, 0.717) is 5.92 Å². The number of piperidine rings is 1. The average Bonchev–Trinajstić information content (AvgIpc) is 2.38. The molecule has 1 atom stereocenters. The molecule has 1 fully saturated rings. The van der Waals surface area contributed by atoms with Crippen LogP contribution in [0.3, 0.4) is 0 Å². The van der Waals surface area contributed by atoms with E-state index in [1.165, 1.54) is 0 Å². The Balaban J connectivity index is 1.94. The Hall–Kier alpha value is -0.930. The van der Waals surface area contributed by atoms with Crippen LogP contribution in [0.2, 0.25) is 0 Å². The minimum atomic E-state index is -0.360. The first-order valence-electron chi connectivity index (χ1n) is 6.81. The highest BCUT2D eigenvalue weighted by molar-refractivity contribution is 5.13. The van der Waals surface area contributed by atoms with E-state index < -0.39 is 0 Å². The van der Waals surface area contributed by atoms with Crippen molar-refractivity contribution in [2.45, 2.75) is 45.3 Å². The zero-order valence-electron chi connectivity index (χ0n) is 11.6. The fourth-order valence-corrected chi connectivity index (χ4v) is 2.71. The number of hydrogen-bond acceptors (Lipinski definition) is 3. The fraction of sp³-hybridized carbons (Fsp3) is 0.667. The van der Waals surface area contributed by atoms with E-state index in [1.54, 1.807) is 12.4 Å². The number of aliphatic hydroxyl groups excluding tert-OH is 1. The maximum Gasteiger partial charge on any atom is 0.0833 e. The molecule has 1 N–H and O–H groups in total. The molecule has 0 bridgehead atoms. The third-order valence-corrected chi connectivity index (χ3v) is 3.96. The van der Waals surface area contributed by atoms with Gasteiger partial charge >= 0.3 is 0 Å². The second kappa shape index (κ2) is 5.37. The van der Waals surface area contributed by atoms with Crippen LogP contribution in [0.4, 0.5) is 0 Å². The molecule has 0 saturated carbocycles. The quantitative estimate of drug-likeness (QED) is 0.874. The van der Waals surface area contributed by atoms with Gasteiger partial charge in [-0.25, -0.2) is 0 Å². The van der Waals surface area contributed by atoms with Gasteiger partial charge in [0.25, 0.3) is 0 Å². The van der Waals surface area contributed by atoms with Crippen LogP contribution in [0.1, 0.15) is 45.3 Å². The topological polar surface area (TPSA) is 36.4 Å². The highest BCUT2D eigenvalue weighted by Crippen LogP contribution is 2.32. The summed E-state index contributed by atoms with van der Waals surface area (Å²) in [7, 11) is 0. The van der Waals surface area contributed by atoms with Crippen molar-refractivity contribution in [3.63, 3.8) is 0 Å². The number of aromatic nitrogens is 1. The van der Waals surface area contributed by atoms with Crippen molar-refractivity contribution in [3.8, 4) is 0 Å². The predicted octanol–water partition coefficient (Wildman–Crippen LogP) is 2.63. The highest BCUT2D eigenvalue weighted by Gasteiger charge is 2.30. The van der Waals surface area contributed by atoms with E-state index >= 15 is 0 Å². The van der Waals surface area contributed by atoms with Crippen LogP contribution in [0.25, 0.3) is 0 Å². The Morgan fingerprint density at radius 2 is 2.00 bits per heavy atom. The lowest BCUT2D eigenvalue weighted by Gasteiger charge is -2.41. The summed E-state index contributed by atoms with van der Waals surface area (Å²) in [5, 5.41) is 10.4. The number of rotatable bonds is 2. The van der Waals surface area contributed by atoms with E-state index in [2.05, 4.69) is 30.7 Å². The number of nitrogens with zero attached hydrogens (tertiary/aromatic N) is 2. The molecule has 1 aromatic heterocycles. The molecule has 2 rings (SSSR count). The van der Waals surface area contributed by atoms with E-state index in [9.17, 15) is 5.11 Å². The summed E-state index contributed by atoms with van der Waals surface area (Å²) in [5.41, 5.74) is 1.19. The van der Waals surface area contributed by atoms with Gasteiger partial charge in [0, 0.05) is 17.9 Å². The SMILES string of the molecule is CC(C)(C)N1CCC(C(O)c2cccnc2)CC1. The zero-order chi connectivity index (χ0) is 13.2. The zero-order valence-corrected chi connectivity index (χ0v) is 11.6. The lowest BCUT2D eigenvalue weighted by molar-refractivity contribution is 0.0277. The second-order valence-electron chi connectivity index (χ2n) is 6.23. The van der Waals surface area contributed by atoms with Gasteiger partial charge in [-0.3, -0.25) is 9.88 Å². The van der Waals surface area contributed by atoms with Crippen molar-refractivity contribution in [1.29, 1.82) is 0 Å². The third kappa shape index (κ3) is 3.09. The second-order valence-corrected chi connectivity index (χ2v) is 6.23. The molecular formula is C15H24N2O. The molecule has 2 heterocycles. The Morgan fingerprint density at radius 1 is 1.33 bits per heavy atom. The van der Waals surface area contributed by atoms with Crippen LogP contribution in [0.5, 0.6) is 0 Å². The molecule has 1 aliphatic heterocycles. The molecule has 1 aliphatic rings. The molecule has 3 nitrogen and oxygen atoms in total. The van der Waals surface area contributed by atoms with Gasteiger partial charge in [0.1, 0.15) is 0 Å². The molecule has 1 aromatic rings. The molecular weight excluding hydrogens is 224 g/mol. The van der Waals surface area contributed by atoms with Crippen LogP contribution in [-0.4, -0.2) is 33.6 Å². The van der Waals surface area contributed by atoms with E-state index in [-0.39, 0.29) is 11.6 Å². The summed E-state index contributed by atoms with van der Waals surface area (Å²) in [4.78, 5) is 6.58. The summed E-state index contributed by atoms with van der Waals surface area (Å²) in [6, 6.07) is 3.86. The summed E-state index contributed by atoms with van der Waals surface area (Å²) in [5.74, 6) is 0.368. The van der Waals surface area contributed by atoms with E-state index in [1.807, 2.05) is 12.1 Å². The summed E-state index contributed by atoms with van der Waals surface area (Å²) >= 11 is 0. The van der Waals surface area contributed by atoms with Crippen molar-refractivity contribution in [3.05, 3.63) is 30.1 Å². The van der Waals surface area contributed by atoms with Gasteiger partial charge in [0.05, 0.1) is 6.10 Å². The monoisotopic (exact) mass is 248 g/mol. The number of pyridine rings is 1. The lowest BCUT2D eigenvalue weighted by Crippen LogP contribution is -2.46. The van der Waals surface area contributed by atoms with Gasteiger partial charge in [0.15, 0.2) is 0 Å². The molecule has 0 amide bonds. The first-order valence-corrected chi connectivity index (χ1v) is 6.81. The van der Waals surface area contributed by atoms with Crippen molar-refractivity contribution in [2.75, 3.05) is 13.1 Å². The van der Waals surface area contributed by atoms with Gasteiger partial charge < -0.3 is 5.11 Å². The smallest absolute Gasteiger partial charge is 0.0833 e. The Morgan fingerprint density at radius 3 is 2.50 bits per heavy atom. The normalized spacial score (nSPS) is 20.9. The average molecular weight is 248 g/mol. The standard InChI is InChI=1S/C15H24N2O/c1-15(2,3)17-9-6-12(7-10-17)14(18)13-5-4-8-16-11-13/h4-5,8,11-12,14,18H,6-7,9-10H2,1-3H3. The summed E-state index contributed by atoms with van der Waals surface area (Å²) in [6.45, 7) is 8.91. The van der Waals surface area contributed by atoms with Crippen molar-refractivity contribution < 1.29 is 5.11 Å². The van der Waals surface area contributed by atoms with E-state index in [4.69, 9.17) is 0 Å². The number of hydrogen-bond donors (Lipinski definition) is 1. The molecule has 0 aromatic carbocycles. The maximum absolute atomic E-state index is 10.4. The fourth-order valence-electron chi connectivity index (χ4n) is 2.71. The molecule has 0 aliphatic carbocycles. The molecule has 1 saturated heterocycles. The van der Waals surface area contributed by atoms with Gasteiger partial charge in [-0.15, -0.1) is 0 Å². The predicted molar refractivity (Wildman–Crippen MR) is 73.2 cm³/mol. The van der Waals surface area contributed by atoms with E-state index in [0.717, 1.165) is 31.5 Å². The van der Waals surface area contributed by atoms with Crippen LogP contribution in [-0.2, 0) is 0 Å². The van der Waals surface area contributed by atoms with Gasteiger partial charge in [-0.05, 0) is 64.3 Å². The van der Waals surface area contributed by atoms with Crippen LogP contribution >= 0.6 is 0 Å². The molecule has 18 heavy (non-hydrogen) atoms. The summed E-state index contributed by atoms with van der Waals surface area (Å²) in [6.07, 6.45) is 5.29. The van der Waals surface area contributed by atoms with Crippen LogP contribution in [0, 0.1) is 5.92 Å². The first-order chi connectivity index (χ1) is 8.48. The van der Waals surface area contributed by atoms with Crippen molar-refractivity contribution in [2.24, 2.45) is 5.92 Å². The minimum absolute atomic E-state index is 0.240. The van der Waals surface area contributed by atoms with Crippen LogP contribution in [0.15, 0.2) is 24.5 Å². The van der Waals surface area contributed by atoms with Crippen molar-refractivity contribution >= 4 is 0 Å². The van der Waals surface area contributed by atoms with Gasteiger partial charge in [0.2, 0.25) is 0 Å². The minimum Gasteiger partial charge on any atom is -0.388 e. The lowest BCUT2D eigenvalue weighted by atomic mass is 9.86. The maximum atomic E-state index is 10.4.